The van der Waals surface area contributed by atoms with Crippen LogP contribution in [-0.4, -0.2) is 29.5 Å². The van der Waals surface area contributed by atoms with Crippen molar-refractivity contribution in [2.24, 2.45) is 0 Å². The number of hydrogen-bond acceptors (Lipinski definition) is 3. The first kappa shape index (κ1) is 8.79. The van der Waals surface area contributed by atoms with E-state index in [0.717, 1.165) is 37.4 Å². The third kappa shape index (κ3) is 1.23. The van der Waals surface area contributed by atoms with Crippen LogP contribution in [0.2, 0.25) is 0 Å². The van der Waals surface area contributed by atoms with Crippen molar-refractivity contribution in [2.45, 2.75) is 18.4 Å². The summed E-state index contributed by atoms with van der Waals surface area (Å²) in [4.78, 5) is 15.0. The fourth-order valence-electron chi connectivity index (χ4n) is 2.33. The van der Waals surface area contributed by atoms with E-state index in [2.05, 4.69) is 20.9 Å². The predicted molar refractivity (Wildman–Crippen MR) is 57.9 cm³/mol. The van der Waals surface area contributed by atoms with Gasteiger partial charge in [-0.15, -0.1) is 0 Å². The molecule has 0 atom stereocenters. The first-order valence-electron chi connectivity index (χ1n) is 5.28. The van der Waals surface area contributed by atoms with E-state index in [4.69, 9.17) is 0 Å². The number of nitrogens with one attached hydrogen (secondary N) is 4. The van der Waals surface area contributed by atoms with Crippen molar-refractivity contribution in [3.8, 4) is 0 Å². The van der Waals surface area contributed by atoms with Crippen molar-refractivity contribution in [2.75, 3.05) is 23.7 Å². The highest BCUT2D eigenvalue weighted by Gasteiger charge is 2.42. The Bertz CT molecular complexity index is 392. The number of H-pyrrole nitrogens is 1. The highest BCUT2D eigenvalue weighted by atomic mass is 16.2. The van der Waals surface area contributed by atoms with Crippen LogP contribution in [0.15, 0.2) is 12.3 Å². The molecule has 1 fully saturated rings. The van der Waals surface area contributed by atoms with Gasteiger partial charge in [0, 0.05) is 6.20 Å². The fraction of sp³-hybridized carbons (Fsp3) is 0.500. The van der Waals surface area contributed by atoms with Gasteiger partial charge >= 0.3 is 0 Å². The molecule has 4 N–H and O–H groups in total. The lowest BCUT2D eigenvalue weighted by molar-refractivity contribution is -0.121. The van der Waals surface area contributed by atoms with Gasteiger partial charge < -0.3 is 20.9 Å². The Hall–Kier alpha value is -1.49. The average molecular weight is 206 g/mol. The Kier molecular flexibility index (Phi) is 1.76. The Morgan fingerprint density at radius 2 is 2.07 bits per heavy atom. The van der Waals surface area contributed by atoms with Gasteiger partial charge in [0.05, 0.1) is 5.69 Å². The van der Waals surface area contributed by atoms with E-state index in [1.54, 1.807) is 0 Å². The van der Waals surface area contributed by atoms with Crippen molar-refractivity contribution in [3.63, 3.8) is 0 Å². The normalized spacial score (nSPS) is 23.1. The van der Waals surface area contributed by atoms with Crippen LogP contribution in [0.4, 0.5) is 11.5 Å². The standard InChI is InChI=1S/C10H14N4O/c15-9-10(2-5-11-6-3-10)14-7-1-4-12-8(7)13-9/h1,4,11-12,14H,2-3,5-6H2,(H,13,15). The molecule has 1 amide bonds. The summed E-state index contributed by atoms with van der Waals surface area (Å²) < 4.78 is 0. The number of fused-ring (bicyclic) bond motifs is 1. The number of piperidine rings is 1. The molecule has 0 unspecified atom stereocenters. The molecule has 1 aromatic heterocycles. The van der Waals surface area contributed by atoms with Crippen LogP contribution in [0.1, 0.15) is 12.8 Å². The third-order valence-electron chi connectivity index (χ3n) is 3.25. The van der Waals surface area contributed by atoms with Crippen LogP contribution in [0.3, 0.4) is 0 Å². The molecule has 0 aliphatic carbocycles. The predicted octanol–water partition coefficient (Wildman–Crippen LogP) is 0.501. The zero-order chi connectivity index (χ0) is 10.3. The molecule has 2 aliphatic rings. The van der Waals surface area contributed by atoms with Crippen LogP contribution in [-0.2, 0) is 4.79 Å². The van der Waals surface area contributed by atoms with Crippen molar-refractivity contribution < 1.29 is 4.79 Å². The first-order valence-corrected chi connectivity index (χ1v) is 5.28. The van der Waals surface area contributed by atoms with Gasteiger partial charge in [0.15, 0.2) is 0 Å². The van der Waals surface area contributed by atoms with E-state index >= 15 is 0 Å². The third-order valence-corrected chi connectivity index (χ3v) is 3.25. The molecule has 3 rings (SSSR count). The molecule has 0 radical (unpaired) electrons. The number of aromatic amines is 1. The van der Waals surface area contributed by atoms with Gasteiger partial charge in [0.1, 0.15) is 11.4 Å². The minimum absolute atomic E-state index is 0.0824. The van der Waals surface area contributed by atoms with Crippen LogP contribution < -0.4 is 16.0 Å². The van der Waals surface area contributed by atoms with Gasteiger partial charge in [0.25, 0.3) is 5.91 Å². The minimum Gasteiger partial charge on any atom is -0.368 e. The zero-order valence-corrected chi connectivity index (χ0v) is 8.39. The largest absolute Gasteiger partial charge is 0.368 e. The van der Waals surface area contributed by atoms with Crippen molar-refractivity contribution in [1.82, 2.24) is 10.3 Å². The second kappa shape index (κ2) is 3.00. The first-order chi connectivity index (χ1) is 7.30. The molecule has 1 spiro atoms. The molecule has 15 heavy (non-hydrogen) atoms. The number of amides is 1. The van der Waals surface area contributed by atoms with Gasteiger partial charge in [-0.05, 0) is 32.0 Å². The van der Waals surface area contributed by atoms with E-state index in [0.29, 0.717) is 0 Å². The van der Waals surface area contributed by atoms with Gasteiger partial charge in [-0.2, -0.15) is 0 Å². The highest BCUT2D eigenvalue weighted by Crippen LogP contribution is 2.34. The lowest BCUT2D eigenvalue weighted by Crippen LogP contribution is -2.57. The van der Waals surface area contributed by atoms with E-state index in [-0.39, 0.29) is 5.91 Å². The Morgan fingerprint density at radius 1 is 1.27 bits per heavy atom. The van der Waals surface area contributed by atoms with Gasteiger partial charge in [-0.1, -0.05) is 0 Å². The molecule has 5 heteroatoms. The molecular formula is C10H14N4O. The van der Waals surface area contributed by atoms with E-state index < -0.39 is 5.54 Å². The SMILES string of the molecule is O=C1Nc2[nH]ccc2NC12CCNCC2. The van der Waals surface area contributed by atoms with Crippen molar-refractivity contribution in [3.05, 3.63) is 12.3 Å². The molecule has 0 bridgehead atoms. The molecule has 5 nitrogen and oxygen atoms in total. The summed E-state index contributed by atoms with van der Waals surface area (Å²) >= 11 is 0. The maximum absolute atomic E-state index is 12.0. The van der Waals surface area contributed by atoms with Crippen LogP contribution in [0, 0.1) is 0 Å². The zero-order valence-electron chi connectivity index (χ0n) is 8.39. The number of anilines is 2. The summed E-state index contributed by atoms with van der Waals surface area (Å²) in [6, 6.07) is 1.96. The number of carbonyl (C=O) groups is 1. The highest BCUT2D eigenvalue weighted by molar-refractivity contribution is 6.05. The second-order valence-electron chi connectivity index (χ2n) is 4.18. The maximum atomic E-state index is 12.0. The lowest BCUT2D eigenvalue weighted by atomic mass is 9.86. The maximum Gasteiger partial charge on any atom is 0.251 e. The molecule has 2 aliphatic heterocycles. The molecule has 0 aromatic carbocycles. The quantitative estimate of drug-likeness (QED) is 0.499. The van der Waals surface area contributed by atoms with Gasteiger partial charge in [-0.3, -0.25) is 4.79 Å². The van der Waals surface area contributed by atoms with Gasteiger partial charge in [0.2, 0.25) is 0 Å². The minimum atomic E-state index is -0.402. The number of rotatable bonds is 0. The van der Waals surface area contributed by atoms with Crippen LogP contribution >= 0.6 is 0 Å². The molecule has 0 saturated carbocycles. The number of aromatic nitrogens is 1. The monoisotopic (exact) mass is 206 g/mol. The summed E-state index contributed by atoms with van der Waals surface area (Å²) in [6.45, 7) is 1.78. The fourth-order valence-corrected chi connectivity index (χ4v) is 2.33. The summed E-state index contributed by atoms with van der Waals surface area (Å²) in [5.74, 6) is 0.864. The van der Waals surface area contributed by atoms with Crippen LogP contribution in [0.5, 0.6) is 0 Å². The van der Waals surface area contributed by atoms with E-state index in [9.17, 15) is 4.79 Å². The number of carbonyl (C=O) groups excluding carboxylic acids is 1. The summed E-state index contributed by atoms with van der Waals surface area (Å²) in [5, 5.41) is 9.54. The Balaban J connectivity index is 1.95. The van der Waals surface area contributed by atoms with Crippen molar-refractivity contribution in [1.29, 1.82) is 0 Å². The average Bonchev–Trinajstić information content (AvgIpc) is 2.67. The van der Waals surface area contributed by atoms with E-state index in [1.165, 1.54) is 0 Å². The molecule has 3 heterocycles. The Labute approximate surface area is 87.6 Å². The Morgan fingerprint density at radius 3 is 2.87 bits per heavy atom. The number of hydrogen-bond donors (Lipinski definition) is 4. The van der Waals surface area contributed by atoms with Crippen molar-refractivity contribution >= 4 is 17.4 Å². The van der Waals surface area contributed by atoms with Gasteiger partial charge in [-0.25, -0.2) is 0 Å². The summed E-state index contributed by atoms with van der Waals surface area (Å²) in [5.41, 5.74) is 0.594. The smallest absolute Gasteiger partial charge is 0.251 e. The second-order valence-corrected chi connectivity index (χ2v) is 4.18. The molecule has 1 aromatic rings. The molecule has 1 saturated heterocycles. The topological polar surface area (TPSA) is 69.0 Å². The lowest BCUT2D eigenvalue weighted by Gasteiger charge is -2.40. The molecule has 80 valence electrons. The summed E-state index contributed by atoms with van der Waals surface area (Å²) in [7, 11) is 0. The van der Waals surface area contributed by atoms with Crippen LogP contribution in [0.25, 0.3) is 0 Å². The molecular weight excluding hydrogens is 192 g/mol. The summed E-state index contributed by atoms with van der Waals surface area (Å²) in [6.07, 6.45) is 3.50. The van der Waals surface area contributed by atoms with E-state index in [1.807, 2.05) is 12.3 Å².